The molecule has 1 atom stereocenters. The predicted molar refractivity (Wildman–Crippen MR) is 65.5 cm³/mol. The number of nitro groups is 1. The van der Waals surface area contributed by atoms with Gasteiger partial charge in [0, 0.05) is 11.8 Å². The summed E-state index contributed by atoms with van der Waals surface area (Å²) in [6, 6.07) is 2.85. The summed E-state index contributed by atoms with van der Waals surface area (Å²) in [5, 5.41) is 11.2. The van der Waals surface area contributed by atoms with Crippen LogP contribution in [0, 0.1) is 16.0 Å². The summed E-state index contributed by atoms with van der Waals surface area (Å²) in [7, 11) is 0. The van der Waals surface area contributed by atoms with Crippen LogP contribution in [0.25, 0.3) is 0 Å². The van der Waals surface area contributed by atoms with Crippen molar-refractivity contribution in [1.29, 1.82) is 0 Å². The van der Waals surface area contributed by atoms with Crippen LogP contribution >= 0.6 is 11.8 Å². The Morgan fingerprint density at radius 3 is 2.88 bits per heavy atom. The lowest BCUT2D eigenvalue weighted by Crippen LogP contribution is -2.00. The number of nitrogens with zero attached hydrogens (tertiary/aromatic N) is 2. The van der Waals surface area contributed by atoms with Gasteiger partial charge in [0.1, 0.15) is 5.82 Å². The minimum atomic E-state index is -0.425. The molecule has 1 aromatic heterocycles. The van der Waals surface area contributed by atoms with Gasteiger partial charge in [-0.1, -0.05) is 32.0 Å². The summed E-state index contributed by atoms with van der Waals surface area (Å²) in [5.74, 6) is 1.64. The largest absolute Gasteiger partial charge is 0.384 e. The third kappa shape index (κ3) is 3.37. The zero-order valence-corrected chi connectivity index (χ0v) is 10.2. The van der Waals surface area contributed by atoms with E-state index in [1.54, 1.807) is 0 Å². The third-order valence-electron chi connectivity index (χ3n) is 2.26. The number of nitrogens with two attached hydrogens (primary N) is 1. The van der Waals surface area contributed by atoms with E-state index in [-0.39, 0.29) is 5.69 Å². The lowest BCUT2D eigenvalue weighted by Gasteiger charge is -2.07. The average Bonchev–Trinajstić information content (AvgIpc) is 2.25. The molecule has 0 aliphatic heterocycles. The van der Waals surface area contributed by atoms with E-state index in [0.717, 1.165) is 12.2 Å². The first kappa shape index (κ1) is 12.8. The number of rotatable bonds is 5. The Balaban J connectivity index is 2.84. The molecule has 0 amide bonds. The molecule has 0 saturated carbocycles. The maximum absolute atomic E-state index is 10.8. The molecule has 1 rings (SSSR count). The number of anilines is 1. The fourth-order valence-electron chi connectivity index (χ4n) is 1.03. The zero-order chi connectivity index (χ0) is 12.1. The van der Waals surface area contributed by atoms with Crippen molar-refractivity contribution >= 4 is 23.3 Å². The van der Waals surface area contributed by atoms with Crippen LogP contribution in [-0.2, 0) is 0 Å². The van der Waals surface area contributed by atoms with E-state index in [2.05, 4.69) is 18.8 Å². The number of thioether (sulfide) groups is 1. The van der Waals surface area contributed by atoms with Crippen molar-refractivity contribution in [3.05, 3.63) is 22.2 Å². The Morgan fingerprint density at radius 1 is 1.62 bits per heavy atom. The minimum absolute atomic E-state index is 0.0301. The molecule has 1 aromatic rings. The first-order valence-corrected chi connectivity index (χ1v) is 6.06. The van der Waals surface area contributed by atoms with Gasteiger partial charge in [-0.3, -0.25) is 10.1 Å². The highest BCUT2D eigenvalue weighted by atomic mass is 32.2. The summed E-state index contributed by atoms with van der Waals surface area (Å²) in [5.41, 5.74) is 5.55. The third-order valence-corrected chi connectivity index (χ3v) is 3.57. The van der Waals surface area contributed by atoms with Crippen molar-refractivity contribution in [2.24, 2.45) is 5.92 Å². The number of hydrogen-bond acceptors (Lipinski definition) is 5. The van der Waals surface area contributed by atoms with Crippen molar-refractivity contribution in [1.82, 2.24) is 4.98 Å². The summed E-state index contributed by atoms with van der Waals surface area (Å²) in [6.07, 6.45) is 1.04. The van der Waals surface area contributed by atoms with Crippen molar-refractivity contribution in [2.75, 3.05) is 11.5 Å². The summed E-state index contributed by atoms with van der Waals surface area (Å²) >= 11 is 1.39. The van der Waals surface area contributed by atoms with E-state index in [4.69, 9.17) is 5.73 Å². The molecule has 88 valence electrons. The van der Waals surface area contributed by atoms with Gasteiger partial charge in [0.25, 0.3) is 0 Å². The molecule has 16 heavy (non-hydrogen) atoms. The predicted octanol–water partition coefficient (Wildman–Crippen LogP) is 2.71. The van der Waals surface area contributed by atoms with E-state index in [1.807, 2.05) is 0 Å². The number of aromatic nitrogens is 1. The SMILES string of the molecule is CCC(C)CSc1nc(N)ccc1[N+](=O)[O-]. The fourth-order valence-corrected chi connectivity index (χ4v) is 2.17. The maximum atomic E-state index is 10.8. The van der Waals surface area contributed by atoms with Gasteiger partial charge in [0.15, 0.2) is 5.03 Å². The second kappa shape index (κ2) is 5.69. The van der Waals surface area contributed by atoms with E-state index >= 15 is 0 Å². The molecule has 0 fully saturated rings. The molecule has 0 spiro atoms. The molecule has 0 radical (unpaired) electrons. The number of pyridine rings is 1. The Hall–Kier alpha value is -1.30. The topological polar surface area (TPSA) is 82.0 Å². The average molecular weight is 241 g/mol. The molecule has 1 heterocycles. The molecule has 0 aromatic carbocycles. The Bertz CT molecular complexity index is 384. The van der Waals surface area contributed by atoms with Crippen LogP contribution in [0.5, 0.6) is 0 Å². The Kier molecular flexibility index (Phi) is 4.54. The van der Waals surface area contributed by atoms with Crippen LogP contribution in [0.1, 0.15) is 20.3 Å². The van der Waals surface area contributed by atoms with Gasteiger partial charge in [-0.05, 0) is 12.0 Å². The van der Waals surface area contributed by atoms with Crippen molar-refractivity contribution in [3.63, 3.8) is 0 Å². The van der Waals surface area contributed by atoms with Gasteiger partial charge in [-0.2, -0.15) is 0 Å². The molecular formula is C10H15N3O2S. The molecule has 0 saturated heterocycles. The van der Waals surface area contributed by atoms with E-state index < -0.39 is 4.92 Å². The molecule has 0 bridgehead atoms. The summed E-state index contributed by atoms with van der Waals surface area (Å²) in [4.78, 5) is 14.3. The zero-order valence-electron chi connectivity index (χ0n) is 9.34. The Morgan fingerprint density at radius 2 is 2.31 bits per heavy atom. The van der Waals surface area contributed by atoms with Crippen molar-refractivity contribution in [3.8, 4) is 0 Å². The first-order valence-electron chi connectivity index (χ1n) is 5.08. The highest BCUT2D eigenvalue weighted by Crippen LogP contribution is 2.29. The van der Waals surface area contributed by atoms with E-state index in [1.165, 1.54) is 23.9 Å². The summed E-state index contributed by atoms with van der Waals surface area (Å²) in [6.45, 7) is 4.19. The molecule has 2 N–H and O–H groups in total. The van der Waals surface area contributed by atoms with Gasteiger partial charge in [-0.15, -0.1) is 0 Å². The molecule has 0 aliphatic carbocycles. The minimum Gasteiger partial charge on any atom is -0.384 e. The standard InChI is InChI=1S/C10H15N3O2S/c1-3-7(2)6-16-10-8(13(14)15)4-5-9(11)12-10/h4-5,7H,3,6H2,1-2H3,(H2,11,12). The first-order chi connectivity index (χ1) is 7.54. The second-order valence-corrected chi connectivity index (χ2v) is 4.65. The van der Waals surface area contributed by atoms with Crippen LogP contribution in [0.3, 0.4) is 0 Å². The van der Waals surface area contributed by atoms with Crippen LogP contribution in [0.4, 0.5) is 11.5 Å². The second-order valence-electron chi connectivity index (χ2n) is 3.64. The molecule has 5 nitrogen and oxygen atoms in total. The van der Waals surface area contributed by atoms with Gasteiger partial charge >= 0.3 is 5.69 Å². The lowest BCUT2D eigenvalue weighted by molar-refractivity contribution is -0.388. The summed E-state index contributed by atoms with van der Waals surface area (Å²) < 4.78 is 0. The van der Waals surface area contributed by atoms with Gasteiger partial charge in [0.2, 0.25) is 0 Å². The quantitative estimate of drug-likeness (QED) is 0.487. The van der Waals surface area contributed by atoms with Gasteiger partial charge in [0.05, 0.1) is 4.92 Å². The number of nitrogen functional groups attached to an aromatic ring is 1. The molecule has 6 heteroatoms. The normalized spacial score (nSPS) is 12.4. The highest BCUT2D eigenvalue weighted by Gasteiger charge is 2.16. The lowest BCUT2D eigenvalue weighted by atomic mass is 10.2. The van der Waals surface area contributed by atoms with Gasteiger partial charge < -0.3 is 5.73 Å². The van der Waals surface area contributed by atoms with E-state index in [0.29, 0.717) is 16.8 Å². The van der Waals surface area contributed by atoms with Crippen LogP contribution < -0.4 is 5.73 Å². The van der Waals surface area contributed by atoms with E-state index in [9.17, 15) is 10.1 Å². The van der Waals surface area contributed by atoms with Gasteiger partial charge in [-0.25, -0.2) is 4.98 Å². The van der Waals surface area contributed by atoms with Crippen molar-refractivity contribution in [2.45, 2.75) is 25.3 Å². The van der Waals surface area contributed by atoms with Crippen LogP contribution in [0.15, 0.2) is 17.2 Å². The smallest absolute Gasteiger partial charge is 0.301 e. The molecular weight excluding hydrogens is 226 g/mol. The Labute approximate surface area is 98.6 Å². The van der Waals surface area contributed by atoms with Crippen LogP contribution in [0.2, 0.25) is 0 Å². The van der Waals surface area contributed by atoms with Crippen LogP contribution in [-0.4, -0.2) is 15.7 Å². The maximum Gasteiger partial charge on any atom is 0.301 e. The highest BCUT2D eigenvalue weighted by molar-refractivity contribution is 7.99. The fraction of sp³-hybridized carbons (Fsp3) is 0.500. The molecule has 1 unspecified atom stereocenters. The molecule has 0 aliphatic rings. The van der Waals surface area contributed by atoms with Crippen molar-refractivity contribution < 1.29 is 4.92 Å². The number of hydrogen-bond donors (Lipinski definition) is 1. The monoisotopic (exact) mass is 241 g/mol.